The van der Waals surface area contributed by atoms with E-state index in [2.05, 4.69) is 28.8 Å². The predicted octanol–water partition coefficient (Wildman–Crippen LogP) is 4.31. The summed E-state index contributed by atoms with van der Waals surface area (Å²) in [6.45, 7) is 2.26. The van der Waals surface area contributed by atoms with E-state index in [0.717, 1.165) is 26.9 Å². The lowest BCUT2D eigenvalue weighted by atomic mass is 10.00. The van der Waals surface area contributed by atoms with Crippen LogP contribution in [0.3, 0.4) is 0 Å². The van der Waals surface area contributed by atoms with Crippen molar-refractivity contribution in [2.45, 2.75) is 17.9 Å². The molecular formula is C24H27N3O2S. The summed E-state index contributed by atoms with van der Waals surface area (Å²) in [5, 5.41) is 8.24. The molecule has 3 aromatic rings. The van der Waals surface area contributed by atoms with Crippen molar-refractivity contribution in [3.8, 4) is 0 Å². The van der Waals surface area contributed by atoms with Gasteiger partial charge >= 0.3 is 0 Å². The Morgan fingerprint density at radius 1 is 0.933 bits per heavy atom. The zero-order valence-corrected chi connectivity index (χ0v) is 18.3. The van der Waals surface area contributed by atoms with Gasteiger partial charge in [0.05, 0.1) is 24.8 Å². The number of carbonyl (C=O) groups is 2. The fraction of sp³-hybridized carbons (Fsp3) is 0.250. The van der Waals surface area contributed by atoms with E-state index in [9.17, 15) is 9.59 Å². The largest absolute Gasteiger partial charge is 0.348 e. The first-order valence-corrected chi connectivity index (χ1v) is 11.1. The smallest absolute Gasteiger partial charge is 0.238 e. The summed E-state index contributed by atoms with van der Waals surface area (Å²) in [4.78, 5) is 27.6. The third-order valence-electron chi connectivity index (χ3n) is 4.88. The van der Waals surface area contributed by atoms with E-state index in [0.29, 0.717) is 0 Å². The summed E-state index contributed by atoms with van der Waals surface area (Å²) in [6.07, 6.45) is 1.97. The molecular weight excluding hydrogens is 394 g/mol. The van der Waals surface area contributed by atoms with Crippen molar-refractivity contribution in [1.82, 2.24) is 10.2 Å². The molecule has 0 saturated heterocycles. The number of nitrogens with zero attached hydrogens (tertiary/aromatic N) is 1. The maximum atomic E-state index is 12.5. The van der Waals surface area contributed by atoms with E-state index in [4.69, 9.17) is 0 Å². The molecule has 0 aliphatic rings. The van der Waals surface area contributed by atoms with Crippen LogP contribution in [0.2, 0.25) is 0 Å². The molecule has 0 bridgehead atoms. The number of hydrogen-bond acceptors (Lipinski definition) is 4. The molecule has 2 N–H and O–H groups in total. The minimum atomic E-state index is -0.145. The van der Waals surface area contributed by atoms with Gasteiger partial charge < -0.3 is 10.6 Å². The number of fused-ring (bicyclic) bond motifs is 1. The number of carbonyl (C=O) groups excluding carboxylic acids is 2. The number of para-hydroxylation sites is 1. The molecule has 2 amide bonds. The Hall–Kier alpha value is -2.83. The molecule has 0 aliphatic carbocycles. The molecule has 156 valence electrons. The van der Waals surface area contributed by atoms with E-state index >= 15 is 0 Å². The second-order valence-corrected chi connectivity index (χ2v) is 8.13. The lowest BCUT2D eigenvalue weighted by molar-refractivity contribution is -0.123. The molecule has 0 heterocycles. The monoisotopic (exact) mass is 421 g/mol. The fourth-order valence-corrected chi connectivity index (χ4v) is 4.03. The van der Waals surface area contributed by atoms with Crippen LogP contribution in [0.15, 0.2) is 71.6 Å². The second-order valence-electron chi connectivity index (χ2n) is 7.28. The number of amides is 2. The van der Waals surface area contributed by atoms with Crippen molar-refractivity contribution in [3.05, 3.63) is 72.3 Å². The van der Waals surface area contributed by atoms with Crippen molar-refractivity contribution < 1.29 is 9.59 Å². The van der Waals surface area contributed by atoms with Gasteiger partial charge in [0.2, 0.25) is 11.8 Å². The number of benzene rings is 3. The minimum absolute atomic E-state index is 0.116. The zero-order chi connectivity index (χ0) is 21.5. The molecule has 1 atom stereocenters. The highest BCUT2D eigenvalue weighted by Gasteiger charge is 2.15. The van der Waals surface area contributed by atoms with Crippen LogP contribution < -0.4 is 10.6 Å². The molecule has 30 heavy (non-hydrogen) atoms. The summed E-state index contributed by atoms with van der Waals surface area (Å²) < 4.78 is 0. The zero-order valence-electron chi connectivity index (χ0n) is 17.5. The second kappa shape index (κ2) is 10.3. The Bertz CT molecular complexity index is 1030. The van der Waals surface area contributed by atoms with Gasteiger partial charge in [-0.2, -0.15) is 0 Å². The van der Waals surface area contributed by atoms with E-state index in [-0.39, 0.29) is 30.9 Å². The van der Waals surface area contributed by atoms with Crippen LogP contribution in [0.25, 0.3) is 10.8 Å². The van der Waals surface area contributed by atoms with Gasteiger partial charge in [-0.3, -0.25) is 14.5 Å². The molecule has 0 aliphatic heterocycles. The summed E-state index contributed by atoms with van der Waals surface area (Å²) in [7, 11) is 1.77. The van der Waals surface area contributed by atoms with Crippen LogP contribution in [0.5, 0.6) is 0 Å². The molecule has 0 radical (unpaired) electrons. The van der Waals surface area contributed by atoms with Crippen LogP contribution in [-0.2, 0) is 9.59 Å². The Morgan fingerprint density at radius 3 is 2.40 bits per heavy atom. The Kier molecular flexibility index (Phi) is 7.49. The number of rotatable bonds is 8. The number of nitrogens with one attached hydrogen (secondary N) is 2. The number of anilines is 1. The van der Waals surface area contributed by atoms with E-state index in [1.54, 1.807) is 23.7 Å². The lowest BCUT2D eigenvalue weighted by Crippen LogP contribution is -2.39. The number of likely N-dealkylation sites (N-methyl/N-ethyl adjacent to an activating group) is 1. The number of thioether (sulfide) groups is 1. The van der Waals surface area contributed by atoms with E-state index in [1.165, 1.54) is 0 Å². The molecule has 3 aromatic carbocycles. The topological polar surface area (TPSA) is 61.4 Å². The maximum Gasteiger partial charge on any atom is 0.238 e. The van der Waals surface area contributed by atoms with E-state index in [1.807, 2.05) is 61.7 Å². The van der Waals surface area contributed by atoms with Gasteiger partial charge in [-0.05, 0) is 48.7 Å². The number of hydrogen-bond donors (Lipinski definition) is 2. The van der Waals surface area contributed by atoms with E-state index < -0.39 is 0 Å². The normalized spacial score (nSPS) is 12.0. The van der Waals surface area contributed by atoms with Crippen molar-refractivity contribution in [3.63, 3.8) is 0 Å². The molecule has 3 rings (SSSR count). The molecule has 0 unspecified atom stereocenters. The van der Waals surface area contributed by atoms with Crippen molar-refractivity contribution >= 4 is 40.0 Å². The Labute approximate surface area is 181 Å². The van der Waals surface area contributed by atoms with Crippen LogP contribution in [0, 0.1) is 0 Å². The fourth-order valence-electron chi connectivity index (χ4n) is 3.48. The molecule has 6 heteroatoms. The van der Waals surface area contributed by atoms with Gasteiger partial charge in [-0.15, -0.1) is 11.8 Å². The Balaban J connectivity index is 1.54. The predicted molar refractivity (Wildman–Crippen MR) is 125 cm³/mol. The summed E-state index contributed by atoms with van der Waals surface area (Å²) >= 11 is 1.58. The maximum absolute atomic E-state index is 12.5. The highest BCUT2D eigenvalue weighted by atomic mass is 32.2. The van der Waals surface area contributed by atoms with Crippen LogP contribution in [-0.4, -0.2) is 43.1 Å². The van der Waals surface area contributed by atoms with Gasteiger partial charge in [0, 0.05) is 4.90 Å². The van der Waals surface area contributed by atoms with Crippen molar-refractivity contribution in [2.75, 3.05) is 31.7 Å². The minimum Gasteiger partial charge on any atom is -0.348 e. The average Bonchev–Trinajstić information content (AvgIpc) is 2.73. The van der Waals surface area contributed by atoms with Crippen LogP contribution >= 0.6 is 11.8 Å². The molecule has 0 spiro atoms. The first kappa shape index (κ1) is 21.9. The molecule has 0 saturated carbocycles. The Morgan fingerprint density at radius 2 is 1.60 bits per heavy atom. The summed E-state index contributed by atoms with van der Waals surface area (Å²) in [5.74, 6) is -0.260. The first-order valence-electron chi connectivity index (χ1n) is 9.86. The van der Waals surface area contributed by atoms with Gasteiger partial charge in [0.1, 0.15) is 0 Å². The highest BCUT2D eigenvalue weighted by molar-refractivity contribution is 7.98. The summed E-state index contributed by atoms with van der Waals surface area (Å²) in [6, 6.07) is 21.8. The average molecular weight is 422 g/mol. The molecule has 5 nitrogen and oxygen atoms in total. The van der Waals surface area contributed by atoms with Gasteiger partial charge in [-0.25, -0.2) is 0 Å². The highest BCUT2D eigenvalue weighted by Crippen LogP contribution is 2.25. The molecule has 0 aromatic heterocycles. The van der Waals surface area contributed by atoms with Crippen LogP contribution in [0.4, 0.5) is 5.69 Å². The van der Waals surface area contributed by atoms with Crippen molar-refractivity contribution in [1.29, 1.82) is 0 Å². The third-order valence-corrected chi connectivity index (χ3v) is 5.67. The molecule has 0 fully saturated rings. The van der Waals surface area contributed by atoms with Crippen LogP contribution in [0.1, 0.15) is 18.5 Å². The quantitative estimate of drug-likeness (QED) is 0.532. The van der Waals surface area contributed by atoms with Gasteiger partial charge in [0.25, 0.3) is 0 Å². The van der Waals surface area contributed by atoms with Gasteiger partial charge in [0.15, 0.2) is 0 Å². The summed E-state index contributed by atoms with van der Waals surface area (Å²) in [5.41, 5.74) is 1.87. The SMILES string of the molecule is CSc1ccccc1NC(=O)CN(C)CC(=O)N[C@@H](C)c1cccc2ccccc12. The van der Waals surface area contributed by atoms with Gasteiger partial charge in [-0.1, -0.05) is 54.6 Å². The lowest BCUT2D eigenvalue weighted by Gasteiger charge is -2.20. The first-order chi connectivity index (χ1) is 14.5. The standard InChI is InChI=1S/C24H27N3O2S/c1-17(19-12-8-10-18-9-4-5-11-20(18)19)25-23(28)15-27(2)16-24(29)26-21-13-6-7-14-22(21)30-3/h4-14,17H,15-16H2,1-3H3,(H,25,28)(H,26,29)/t17-/m0/s1. The third kappa shape index (κ3) is 5.62. The van der Waals surface area contributed by atoms with Crippen molar-refractivity contribution in [2.24, 2.45) is 0 Å².